The molecule has 1 saturated heterocycles. The number of carbonyl (C=O) groups is 2. The number of ether oxygens (including phenoxy) is 1. The summed E-state index contributed by atoms with van der Waals surface area (Å²) in [5.74, 6) is -1.40. The van der Waals surface area contributed by atoms with Gasteiger partial charge in [0.05, 0.1) is 24.4 Å². The Bertz CT molecular complexity index is 1470. The number of nitrogens with one attached hydrogen (secondary N) is 3. The standard InChI is InChI=1S/C31H33Cl2N3O4/c1-30(2,3)15-25-31(16-34-23-14-18(32)10-11-20(23)31)26(19-7-5-6-8-21(19)33)27(36-25)28(37)35-22-12-9-17(29(38)39)13-24(22)40-4/h5-14,25-27,34,36H,15-16H2,1-4H3,(H,35,37)(H,38,39)/t25-,26-,27+,31-/m0/s1. The second kappa shape index (κ2) is 10.6. The lowest BCUT2D eigenvalue weighted by atomic mass is 9.63. The van der Waals surface area contributed by atoms with Gasteiger partial charge < -0.3 is 25.8 Å². The number of hydrogen-bond donors (Lipinski definition) is 4. The van der Waals surface area contributed by atoms with Gasteiger partial charge in [-0.15, -0.1) is 0 Å². The zero-order valence-corrected chi connectivity index (χ0v) is 24.4. The summed E-state index contributed by atoms with van der Waals surface area (Å²) < 4.78 is 5.43. The number of methoxy groups -OCH3 is 1. The van der Waals surface area contributed by atoms with E-state index in [1.807, 2.05) is 36.4 Å². The lowest BCUT2D eigenvalue weighted by Crippen LogP contribution is -2.46. The molecule has 1 fully saturated rings. The van der Waals surface area contributed by atoms with E-state index < -0.39 is 17.4 Å². The molecule has 0 bridgehead atoms. The van der Waals surface area contributed by atoms with Crippen LogP contribution in [0.1, 0.15) is 54.6 Å². The second-order valence-corrected chi connectivity index (χ2v) is 12.6. The molecule has 7 nitrogen and oxygen atoms in total. The van der Waals surface area contributed by atoms with Gasteiger partial charge in [0, 0.05) is 39.7 Å². The van der Waals surface area contributed by atoms with Crippen molar-refractivity contribution in [1.29, 1.82) is 0 Å². The van der Waals surface area contributed by atoms with Crippen molar-refractivity contribution in [3.63, 3.8) is 0 Å². The Hall–Kier alpha value is -3.26. The van der Waals surface area contributed by atoms with Crippen molar-refractivity contribution < 1.29 is 19.4 Å². The molecule has 3 aromatic carbocycles. The summed E-state index contributed by atoms with van der Waals surface area (Å²) in [6.45, 7) is 7.19. The van der Waals surface area contributed by atoms with Gasteiger partial charge in [-0.1, -0.05) is 68.2 Å². The highest BCUT2D eigenvalue weighted by Gasteiger charge is 2.61. The van der Waals surface area contributed by atoms with Crippen molar-refractivity contribution in [2.45, 2.75) is 50.6 Å². The van der Waals surface area contributed by atoms with Gasteiger partial charge in [0.1, 0.15) is 5.75 Å². The molecule has 0 aliphatic carbocycles. The minimum atomic E-state index is -1.08. The fourth-order valence-corrected chi connectivity index (χ4v) is 6.80. The van der Waals surface area contributed by atoms with E-state index in [-0.39, 0.29) is 34.6 Å². The highest BCUT2D eigenvalue weighted by atomic mass is 35.5. The Morgan fingerprint density at radius 2 is 1.85 bits per heavy atom. The summed E-state index contributed by atoms with van der Waals surface area (Å²) in [4.78, 5) is 25.7. The summed E-state index contributed by atoms with van der Waals surface area (Å²) in [5, 5.41) is 20.9. The first-order valence-corrected chi connectivity index (χ1v) is 14.0. The molecule has 4 N–H and O–H groups in total. The van der Waals surface area contributed by atoms with Gasteiger partial charge >= 0.3 is 5.97 Å². The average molecular weight is 583 g/mol. The summed E-state index contributed by atoms with van der Waals surface area (Å²) in [5.41, 5.74) is 2.86. The molecular formula is C31H33Cl2N3O4. The number of anilines is 2. The van der Waals surface area contributed by atoms with E-state index >= 15 is 0 Å². The van der Waals surface area contributed by atoms with Crippen LogP contribution < -0.4 is 20.7 Å². The van der Waals surface area contributed by atoms with Crippen molar-refractivity contribution in [2.24, 2.45) is 5.41 Å². The zero-order valence-electron chi connectivity index (χ0n) is 22.8. The van der Waals surface area contributed by atoms with Gasteiger partial charge in [-0.2, -0.15) is 0 Å². The highest BCUT2D eigenvalue weighted by molar-refractivity contribution is 6.31. The van der Waals surface area contributed by atoms with Crippen LogP contribution in [0.15, 0.2) is 60.7 Å². The first-order valence-electron chi connectivity index (χ1n) is 13.2. The van der Waals surface area contributed by atoms with E-state index in [9.17, 15) is 14.7 Å². The molecule has 9 heteroatoms. The van der Waals surface area contributed by atoms with Crippen LogP contribution in [0, 0.1) is 5.41 Å². The summed E-state index contributed by atoms with van der Waals surface area (Å²) in [6.07, 6.45) is 0.804. The van der Waals surface area contributed by atoms with Crippen LogP contribution in [0.3, 0.4) is 0 Å². The number of hydrogen-bond acceptors (Lipinski definition) is 5. The van der Waals surface area contributed by atoms with Crippen molar-refractivity contribution in [2.75, 3.05) is 24.3 Å². The fraction of sp³-hybridized carbons (Fsp3) is 0.355. The van der Waals surface area contributed by atoms with Gasteiger partial charge in [-0.25, -0.2) is 4.79 Å². The largest absolute Gasteiger partial charge is 0.495 e. The molecule has 2 heterocycles. The monoisotopic (exact) mass is 581 g/mol. The molecule has 210 valence electrons. The average Bonchev–Trinajstić information content (AvgIpc) is 3.42. The Balaban J connectivity index is 1.64. The Morgan fingerprint density at radius 1 is 1.10 bits per heavy atom. The number of carbonyl (C=O) groups excluding carboxylic acids is 1. The van der Waals surface area contributed by atoms with Gasteiger partial charge in [-0.3, -0.25) is 4.79 Å². The smallest absolute Gasteiger partial charge is 0.335 e. The van der Waals surface area contributed by atoms with E-state index in [0.29, 0.717) is 22.3 Å². The molecule has 4 atom stereocenters. The van der Waals surface area contributed by atoms with Gasteiger partial charge in [-0.05, 0) is 59.4 Å². The predicted molar refractivity (Wildman–Crippen MR) is 159 cm³/mol. The Morgan fingerprint density at radius 3 is 2.52 bits per heavy atom. The molecule has 2 aliphatic rings. The zero-order chi connectivity index (χ0) is 28.8. The Kier molecular flexibility index (Phi) is 7.50. The normalized spacial score (nSPS) is 23.5. The maximum atomic E-state index is 14.2. The predicted octanol–water partition coefficient (Wildman–Crippen LogP) is 6.56. The molecule has 0 radical (unpaired) electrons. The first-order chi connectivity index (χ1) is 18.9. The van der Waals surface area contributed by atoms with Crippen LogP contribution in [0.25, 0.3) is 0 Å². The van der Waals surface area contributed by atoms with Crippen molar-refractivity contribution >= 4 is 46.5 Å². The topological polar surface area (TPSA) is 99.7 Å². The van der Waals surface area contributed by atoms with E-state index in [4.69, 9.17) is 27.9 Å². The minimum Gasteiger partial charge on any atom is -0.495 e. The lowest BCUT2D eigenvalue weighted by molar-refractivity contribution is -0.118. The highest BCUT2D eigenvalue weighted by Crippen LogP contribution is 2.57. The molecule has 0 aromatic heterocycles. The molecule has 0 saturated carbocycles. The number of aromatic carboxylic acids is 1. The minimum absolute atomic E-state index is 0.0356. The lowest BCUT2D eigenvalue weighted by Gasteiger charge is -2.39. The molecule has 5 rings (SSSR count). The number of amides is 1. The van der Waals surface area contributed by atoms with E-state index in [2.05, 4.69) is 42.8 Å². The SMILES string of the molecule is COc1cc(C(=O)O)ccc1NC(=O)[C@@H]1N[C@@H](CC(C)(C)C)[C@@]2(CNc3cc(Cl)ccc32)[C@H]1c1ccccc1Cl. The molecule has 3 aromatic rings. The Labute approximate surface area is 244 Å². The van der Waals surface area contributed by atoms with Crippen LogP contribution in [0.2, 0.25) is 10.0 Å². The quantitative estimate of drug-likeness (QED) is 0.263. The van der Waals surface area contributed by atoms with E-state index in [1.165, 1.54) is 19.2 Å². The number of benzene rings is 3. The van der Waals surface area contributed by atoms with Crippen LogP contribution in [-0.2, 0) is 10.2 Å². The third kappa shape index (κ3) is 5.02. The first kappa shape index (κ1) is 28.3. The van der Waals surface area contributed by atoms with Crippen molar-refractivity contribution in [3.8, 4) is 5.75 Å². The number of carboxylic acid groups (broad SMARTS) is 1. The van der Waals surface area contributed by atoms with Crippen LogP contribution in [0.4, 0.5) is 11.4 Å². The maximum Gasteiger partial charge on any atom is 0.335 e. The van der Waals surface area contributed by atoms with E-state index in [1.54, 1.807) is 6.07 Å². The van der Waals surface area contributed by atoms with Crippen LogP contribution >= 0.6 is 23.2 Å². The molecule has 2 aliphatic heterocycles. The second-order valence-electron chi connectivity index (χ2n) is 11.8. The van der Waals surface area contributed by atoms with Gasteiger partial charge in [0.2, 0.25) is 5.91 Å². The number of carboxylic acids is 1. The summed E-state index contributed by atoms with van der Waals surface area (Å²) in [7, 11) is 1.44. The third-order valence-electron chi connectivity index (χ3n) is 7.99. The van der Waals surface area contributed by atoms with Gasteiger partial charge in [0.15, 0.2) is 0 Å². The number of fused-ring (bicyclic) bond motifs is 2. The van der Waals surface area contributed by atoms with Crippen LogP contribution in [0.5, 0.6) is 5.75 Å². The van der Waals surface area contributed by atoms with E-state index in [0.717, 1.165) is 23.2 Å². The molecule has 1 amide bonds. The molecular weight excluding hydrogens is 549 g/mol. The van der Waals surface area contributed by atoms with Crippen molar-refractivity contribution in [1.82, 2.24) is 5.32 Å². The summed E-state index contributed by atoms with van der Waals surface area (Å²) >= 11 is 13.2. The van der Waals surface area contributed by atoms with Crippen molar-refractivity contribution in [3.05, 3.63) is 87.4 Å². The summed E-state index contributed by atoms with van der Waals surface area (Å²) in [6, 6.07) is 17.2. The molecule has 1 spiro atoms. The van der Waals surface area contributed by atoms with Crippen LogP contribution in [-0.4, -0.2) is 42.7 Å². The molecule has 0 unspecified atom stereocenters. The maximum absolute atomic E-state index is 14.2. The number of halogens is 2. The third-order valence-corrected chi connectivity index (χ3v) is 8.57. The fourth-order valence-electron chi connectivity index (χ4n) is 6.37. The number of rotatable bonds is 6. The van der Waals surface area contributed by atoms with Gasteiger partial charge in [0.25, 0.3) is 0 Å². The molecule has 40 heavy (non-hydrogen) atoms.